The maximum Gasteiger partial charge on any atom is 0.338 e. The van der Waals surface area contributed by atoms with Crippen molar-refractivity contribution in [3.8, 4) is 0 Å². The van der Waals surface area contributed by atoms with Crippen LogP contribution in [0, 0.1) is 0 Å². The lowest BCUT2D eigenvalue weighted by Crippen LogP contribution is -2.52. The van der Waals surface area contributed by atoms with Gasteiger partial charge in [0.2, 0.25) is 11.8 Å². The summed E-state index contributed by atoms with van der Waals surface area (Å²) in [7, 11) is 0. The minimum Gasteiger partial charge on any atom is -0.462 e. The number of amides is 3. The fourth-order valence-corrected chi connectivity index (χ4v) is 4.19. The van der Waals surface area contributed by atoms with Crippen molar-refractivity contribution in [3.05, 3.63) is 59.7 Å². The number of hydrogen-bond acceptors (Lipinski definition) is 5. The number of rotatable bonds is 5. The van der Waals surface area contributed by atoms with Gasteiger partial charge in [-0.25, -0.2) is 4.79 Å². The first-order valence-electron chi connectivity index (χ1n) is 10.8. The Morgan fingerprint density at radius 1 is 1.06 bits per heavy atom. The minimum atomic E-state index is -0.555. The van der Waals surface area contributed by atoms with Crippen molar-refractivity contribution in [3.63, 3.8) is 0 Å². The highest BCUT2D eigenvalue weighted by Gasteiger charge is 2.40. The number of fused-ring (bicyclic) bond motifs is 2. The lowest BCUT2D eigenvalue weighted by Gasteiger charge is -2.34. The number of piperidine rings is 1. The first-order chi connectivity index (χ1) is 15.5. The Morgan fingerprint density at radius 3 is 2.56 bits per heavy atom. The predicted molar refractivity (Wildman–Crippen MR) is 118 cm³/mol. The largest absolute Gasteiger partial charge is 0.462 e. The number of benzene rings is 2. The molecular formula is C24H25N3O5. The fourth-order valence-electron chi connectivity index (χ4n) is 4.19. The van der Waals surface area contributed by atoms with E-state index in [2.05, 4.69) is 5.32 Å². The van der Waals surface area contributed by atoms with Gasteiger partial charge in [-0.1, -0.05) is 12.1 Å². The van der Waals surface area contributed by atoms with E-state index < -0.39 is 17.9 Å². The molecule has 2 aromatic rings. The fraction of sp³-hybridized carbons (Fsp3) is 0.333. The summed E-state index contributed by atoms with van der Waals surface area (Å²) in [5.41, 5.74) is 1.76. The Kier molecular flexibility index (Phi) is 6.20. The molecule has 1 saturated heterocycles. The van der Waals surface area contributed by atoms with Gasteiger partial charge in [0.15, 0.2) is 0 Å². The molecule has 32 heavy (non-hydrogen) atoms. The number of carbonyl (C=O) groups is 4. The summed E-state index contributed by atoms with van der Waals surface area (Å²) < 4.78 is 4.96. The molecular weight excluding hydrogens is 410 g/mol. The van der Waals surface area contributed by atoms with Crippen molar-refractivity contribution in [2.24, 2.45) is 0 Å². The molecule has 2 heterocycles. The lowest BCUT2D eigenvalue weighted by atomic mass is 10.0. The van der Waals surface area contributed by atoms with Crippen molar-refractivity contribution < 1.29 is 23.9 Å². The van der Waals surface area contributed by atoms with Crippen LogP contribution in [0.5, 0.6) is 0 Å². The lowest BCUT2D eigenvalue weighted by molar-refractivity contribution is -0.125. The van der Waals surface area contributed by atoms with Crippen molar-refractivity contribution in [1.82, 2.24) is 4.90 Å². The molecule has 8 nitrogen and oxygen atoms in total. The summed E-state index contributed by atoms with van der Waals surface area (Å²) in [4.78, 5) is 54.1. The molecule has 2 aliphatic rings. The molecule has 0 saturated carbocycles. The Hall–Kier alpha value is -3.68. The van der Waals surface area contributed by atoms with Gasteiger partial charge in [-0.15, -0.1) is 0 Å². The van der Waals surface area contributed by atoms with Gasteiger partial charge in [0.05, 0.1) is 23.4 Å². The molecule has 1 unspecified atom stereocenters. The van der Waals surface area contributed by atoms with Crippen molar-refractivity contribution in [2.75, 3.05) is 29.9 Å². The number of ether oxygens (including phenoxy) is 1. The molecule has 0 aliphatic carbocycles. The zero-order chi connectivity index (χ0) is 22.7. The van der Waals surface area contributed by atoms with E-state index >= 15 is 0 Å². The molecule has 1 atom stereocenters. The van der Waals surface area contributed by atoms with Crippen molar-refractivity contribution in [2.45, 2.75) is 32.2 Å². The SMILES string of the molecule is CCOC(=O)c1ccc(NC(=O)CN2C(=O)C3CCCCN3C(=O)c3ccccc32)cc1. The van der Waals surface area contributed by atoms with E-state index in [1.165, 1.54) is 4.90 Å². The van der Waals surface area contributed by atoms with Crippen LogP contribution in [0.4, 0.5) is 11.4 Å². The molecule has 1 N–H and O–H groups in total. The molecule has 8 heteroatoms. The second-order valence-corrected chi connectivity index (χ2v) is 7.80. The highest BCUT2D eigenvalue weighted by molar-refractivity contribution is 6.13. The number of nitrogens with zero attached hydrogens (tertiary/aromatic N) is 2. The summed E-state index contributed by atoms with van der Waals surface area (Å²) in [6, 6.07) is 12.7. The summed E-state index contributed by atoms with van der Waals surface area (Å²) in [6.07, 6.45) is 2.31. The monoisotopic (exact) mass is 435 g/mol. The Labute approximate surface area is 186 Å². The van der Waals surface area contributed by atoms with Gasteiger partial charge < -0.3 is 19.9 Å². The van der Waals surface area contributed by atoms with Crippen LogP contribution in [0.3, 0.4) is 0 Å². The van der Waals surface area contributed by atoms with Gasteiger partial charge in [-0.05, 0) is 62.6 Å². The standard InChI is InChI=1S/C24H25N3O5/c1-2-32-24(31)16-10-12-17(13-11-16)25-21(28)15-27-19-8-4-3-7-18(19)22(29)26-14-6-5-9-20(26)23(27)30/h3-4,7-8,10-13,20H,2,5-6,9,14-15H2,1H3,(H,25,28). The maximum atomic E-state index is 13.4. The third-order valence-corrected chi connectivity index (χ3v) is 5.72. The molecule has 4 rings (SSSR count). The number of anilines is 2. The Morgan fingerprint density at radius 2 is 1.81 bits per heavy atom. The van der Waals surface area contributed by atoms with E-state index in [1.54, 1.807) is 60.4 Å². The first-order valence-corrected chi connectivity index (χ1v) is 10.8. The molecule has 0 aromatic heterocycles. The highest BCUT2D eigenvalue weighted by Crippen LogP contribution is 2.31. The van der Waals surface area contributed by atoms with E-state index in [9.17, 15) is 19.2 Å². The summed E-state index contributed by atoms with van der Waals surface area (Å²) in [5.74, 6) is -1.24. The second kappa shape index (κ2) is 9.21. The van der Waals surface area contributed by atoms with Gasteiger partial charge in [-0.3, -0.25) is 14.4 Å². The quantitative estimate of drug-likeness (QED) is 0.729. The summed E-state index contributed by atoms with van der Waals surface area (Å²) >= 11 is 0. The van der Waals surface area contributed by atoms with Gasteiger partial charge in [0, 0.05) is 12.2 Å². The smallest absolute Gasteiger partial charge is 0.338 e. The molecule has 1 fully saturated rings. The van der Waals surface area contributed by atoms with E-state index in [-0.39, 0.29) is 25.0 Å². The van der Waals surface area contributed by atoms with Crippen molar-refractivity contribution >= 4 is 35.1 Å². The number of nitrogens with one attached hydrogen (secondary N) is 1. The maximum absolute atomic E-state index is 13.4. The van der Waals surface area contributed by atoms with E-state index in [0.29, 0.717) is 35.5 Å². The highest BCUT2D eigenvalue weighted by atomic mass is 16.5. The van der Waals surface area contributed by atoms with E-state index in [0.717, 1.165) is 12.8 Å². The average molecular weight is 435 g/mol. The molecule has 0 radical (unpaired) electrons. The molecule has 0 spiro atoms. The van der Waals surface area contributed by atoms with Crippen LogP contribution in [0.2, 0.25) is 0 Å². The topological polar surface area (TPSA) is 96.0 Å². The molecule has 166 valence electrons. The number of hydrogen-bond donors (Lipinski definition) is 1. The Bertz CT molecular complexity index is 1050. The van der Waals surface area contributed by atoms with Gasteiger partial charge in [0.25, 0.3) is 5.91 Å². The van der Waals surface area contributed by atoms with Gasteiger partial charge in [0.1, 0.15) is 12.6 Å². The number of esters is 1. The first kappa shape index (κ1) is 21.5. The van der Waals surface area contributed by atoms with Crippen LogP contribution in [0.25, 0.3) is 0 Å². The van der Waals surface area contributed by atoms with Crippen LogP contribution < -0.4 is 10.2 Å². The molecule has 2 aromatic carbocycles. The Balaban J connectivity index is 1.54. The molecule has 2 aliphatic heterocycles. The third kappa shape index (κ3) is 4.21. The van der Waals surface area contributed by atoms with E-state index in [4.69, 9.17) is 4.74 Å². The molecule has 0 bridgehead atoms. The van der Waals surface area contributed by atoms with Gasteiger partial charge >= 0.3 is 5.97 Å². The van der Waals surface area contributed by atoms with Crippen molar-refractivity contribution in [1.29, 1.82) is 0 Å². The van der Waals surface area contributed by atoms with Crippen LogP contribution in [-0.2, 0) is 14.3 Å². The summed E-state index contributed by atoms with van der Waals surface area (Å²) in [5, 5.41) is 2.76. The predicted octanol–water partition coefficient (Wildman–Crippen LogP) is 2.84. The number of para-hydroxylation sites is 1. The summed E-state index contributed by atoms with van der Waals surface area (Å²) in [6.45, 7) is 2.34. The van der Waals surface area contributed by atoms with Gasteiger partial charge in [-0.2, -0.15) is 0 Å². The minimum absolute atomic E-state index is 0.170. The normalized spacial score (nSPS) is 17.8. The zero-order valence-corrected chi connectivity index (χ0v) is 17.9. The molecule has 3 amide bonds. The number of carbonyl (C=O) groups excluding carboxylic acids is 4. The van der Waals surface area contributed by atoms with Crippen LogP contribution in [0.15, 0.2) is 48.5 Å². The van der Waals surface area contributed by atoms with Crippen LogP contribution >= 0.6 is 0 Å². The average Bonchev–Trinajstić information content (AvgIpc) is 2.90. The van der Waals surface area contributed by atoms with Crippen LogP contribution in [-0.4, -0.2) is 54.3 Å². The van der Waals surface area contributed by atoms with Crippen LogP contribution in [0.1, 0.15) is 46.9 Å². The second-order valence-electron chi connectivity index (χ2n) is 7.80. The van der Waals surface area contributed by atoms with E-state index in [1.807, 2.05) is 0 Å². The third-order valence-electron chi connectivity index (χ3n) is 5.72. The zero-order valence-electron chi connectivity index (χ0n) is 17.9.